The van der Waals surface area contributed by atoms with E-state index in [0.29, 0.717) is 34.2 Å². The summed E-state index contributed by atoms with van der Waals surface area (Å²) in [5.74, 6) is 1.89. The lowest BCUT2D eigenvalue weighted by Gasteiger charge is -2.00. The van der Waals surface area contributed by atoms with Gasteiger partial charge >= 0.3 is 0 Å². The first-order chi connectivity index (χ1) is 8.28. The van der Waals surface area contributed by atoms with Crippen molar-refractivity contribution in [3.05, 3.63) is 12.1 Å². The summed E-state index contributed by atoms with van der Waals surface area (Å²) in [4.78, 5) is 8.29. The Balaban J connectivity index is 1.96. The number of thioether (sulfide) groups is 1. The van der Waals surface area contributed by atoms with E-state index in [1.54, 1.807) is 6.20 Å². The minimum absolute atomic E-state index is 0.371. The van der Waals surface area contributed by atoms with E-state index in [9.17, 15) is 0 Å². The van der Waals surface area contributed by atoms with Gasteiger partial charge in [-0.25, -0.2) is 9.97 Å². The quantitative estimate of drug-likeness (QED) is 0.654. The van der Waals surface area contributed by atoms with E-state index < -0.39 is 0 Å². The Morgan fingerprint density at radius 3 is 2.88 bits per heavy atom. The standard InChI is InChI=1S/C10H11N5OS/c1-17-10-12-4-6(7(11)13-10)9-15-14-8(16-9)5-2-3-5/h4-5H,2-3H2,1H3,(H2,11,12,13). The number of nitrogens with two attached hydrogens (primary N) is 1. The lowest BCUT2D eigenvalue weighted by Crippen LogP contribution is -1.97. The highest BCUT2D eigenvalue weighted by Gasteiger charge is 2.29. The predicted octanol–water partition coefficient (Wildman–Crippen LogP) is 1.71. The van der Waals surface area contributed by atoms with Crippen molar-refractivity contribution >= 4 is 17.6 Å². The number of aromatic nitrogens is 4. The van der Waals surface area contributed by atoms with Gasteiger partial charge in [0.05, 0.1) is 5.56 Å². The predicted molar refractivity (Wildman–Crippen MR) is 63.5 cm³/mol. The van der Waals surface area contributed by atoms with E-state index in [2.05, 4.69) is 20.2 Å². The number of nitrogens with zero attached hydrogens (tertiary/aromatic N) is 4. The van der Waals surface area contributed by atoms with Crippen molar-refractivity contribution in [3.8, 4) is 11.5 Å². The Morgan fingerprint density at radius 1 is 1.41 bits per heavy atom. The summed E-state index contributed by atoms with van der Waals surface area (Å²) < 4.78 is 5.56. The van der Waals surface area contributed by atoms with Gasteiger partial charge in [-0.2, -0.15) is 0 Å². The second-order valence-electron chi connectivity index (χ2n) is 3.88. The average molecular weight is 249 g/mol. The minimum atomic E-state index is 0.371. The number of hydrogen-bond donors (Lipinski definition) is 1. The van der Waals surface area contributed by atoms with Crippen LogP contribution in [-0.2, 0) is 0 Å². The molecule has 1 saturated carbocycles. The molecule has 0 radical (unpaired) electrons. The molecule has 0 spiro atoms. The summed E-state index contributed by atoms with van der Waals surface area (Å²) in [5.41, 5.74) is 6.44. The highest BCUT2D eigenvalue weighted by atomic mass is 32.2. The number of rotatable bonds is 3. The average Bonchev–Trinajstić information content (AvgIpc) is 3.08. The third-order valence-electron chi connectivity index (χ3n) is 2.58. The van der Waals surface area contributed by atoms with Gasteiger partial charge < -0.3 is 10.2 Å². The molecule has 0 aliphatic heterocycles. The van der Waals surface area contributed by atoms with Crippen molar-refractivity contribution in [2.24, 2.45) is 0 Å². The van der Waals surface area contributed by atoms with E-state index in [-0.39, 0.29) is 0 Å². The SMILES string of the molecule is CSc1ncc(-c2nnc(C3CC3)o2)c(N)n1. The molecule has 0 aromatic carbocycles. The molecule has 1 fully saturated rings. The van der Waals surface area contributed by atoms with Crippen molar-refractivity contribution in [2.75, 3.05) is 12.0 Å². The van der Waals surface area contributed by atoms with Crippen molar-refractivity contribution in [3.63, 3.8) is 0 Å². The van der Waals surface area contributed by atoms with E-state index in [4.69, 9.17) is 10.2 Å². The number of anilines is 1. The van der Waals surface area contributed by atoms with Crippen molar-refractivity contribution < 1.29 is 4.42 Å². The smallest absolute Gasteiger partial charge is 0.253 e. The molecule has 2 N–H and O–H groups in total. The fourth-order valence-electron chi connectivity index (χ4n) is 1.48. The van der Waals surface area contributed by atoms with Gasteiger partial charge in [-0.05, 0) is 19.1 Å². The molecule has 17 heavy (non-hydrogen) atoms. The first-order valence-electron chi connectivity index (χ1n) is 5.28. The molecule has 1 aliphatic rings. The van der Waals surface area contributed by atoms with Gasteiger partial charge in [-0.15, -0.1) is 10.2 Å². The summed E-state index contributed by atoms with van der Waals surface area (Å²) >= 11 is 1.44. The van der Waals surface area contributed by atoms with Gasteiger partial charge in [-0.1, -0.05) is 11.8 Å². The van der Waals surface area contributed by atoms with Gasteiger partial charge in [0.2, 0.25) is 5.89 Å². The van der Waals surface area contributed by atoms with Gasteiger partial charge in [0.15, 0.2) is 5.16 Å². The van der Waals surface area contributed by atoms with Crippen LogP contribution in [0.1, 0.15) is 24.7 Å². The second-order valence-corrected chi connectivity index (χ2v) is 4.65. The van der Waals surface area contributed by atoms with E-state index in [1.807, 2.05) is 6.26 Å². The van der Waals surface area contributed by atoms with E-state index in [0.717, 1.165) is 12.8 Å². The van der Waals surface area contributed by atoms with Crippen LogP contribution >= 0.6 is 11.8 Å². The molecule has 2 aromatic heterocycles. The van der Waals surface area contributed by atoms with Crippen LogP contribution in [0.25, 0.3) is 11.5 Å². The van der Waals surface area contributed by atoms with Crippen LogP contribution in [0.3, 0.4) is 0 Å². The highest BCUT2D eigenvalue weighted by molar-refractivity contribution is 7.98. The lowest BCUT2D eigenvalue weighted by atomic mass is 10.3. The van der Waals surface area contributed by atoms with Crippen LogP contribution in [-0.4, -0.2) is 26.4 Å². The summed E-state index contributed by atoms with van der Waals surface area (Å²) in [7, 11) is 0. The van der Waals surface area contributed by atoms with Gasteiger partial charge in [0.1, 0.15) is 5.82 Å². The molecule has 0 unspecified atom stereocenters. The van der Waals surface area contributed by atoms with Gasteiger partial charge in [0, 0.05) is 12.1 Å². The number of hydrogen-bond acceptors (Lipinski definition) is 7. The molecule has 2 heterocycles. The molecule has 3 rings (SSSR count). The molecule has 0 amide bonds. The van der Waals surface area contributed by atoms with Crippen molar-refractivity contribution in [1.82, 2.24) is 20.2 Å². The summed E-state index contributed by atoms with van der Waals surface area (Å²) in [6.45, 7) is 0. The Bertz CT molecular complexity index is 551. The Kier molecular flexibility index (Phi) is 2.47. The Labute approximate surface area is 102 Å². The summed E-state index contributed by atoms with van der Waals surface area (Å²) in [6, 6.07) is 0. The Morgan fingerprint density at radius 2 is 2.24 bits per heavy atom. The monoisotopic (exact) mass is 249 g/mol. The van der Waals surface area contributed by atoms with Crippen LogP contribution in [0.15, 0.2) is 15.8 Å². The molecule has 0 saturated heterocycles. The van der Waals surface area contributed by atoms with E-state index in [1.165, 1.54) is 11.8 Å². The van der Waals surface area contributed by atoms with Crippen LogP contribution in [0, 0.1) is 0 Å². The van der Waals surface area contributed by atoms with Crippen molar-refractivity contribution in [1.29, 1.82) is 0 Å². The molecular formula is C10H11N5OS. The molecule has 88 valence electrons. The number of nitrogen functional groups attached to an aromatic ring is 1. The third-order valence-corrected chi connectivity index (χ3v) is 3.14. The fourth-order valence-corrected chi connectivity index (χ4v) is 1.83. The molecule has 0 atom stereocenters. The third kappa shape index (κ3) is 1.97. The second kappa shape index (κ2) is 3.99. The lowest BCUT2D eigenvalue weighted by molar-refractivity contribution is 0.508. The first-order valence-corrected chi connectivity index (χ1v) is 6.50. The van der Waals surface area contributed by atoms with Gasteiger partial charge in [-0.3, -0.25) is 0 Å². The summed E-state index contributed by atoms with van der Waals surface area (Å²) in [6.07, 6.45) is 5.77. The molecular weight excluding hydrogens is 238 g/mol. The first kappa shape index (κ1) is 10.5. The largest absolute Gasteiger partial charge is 0.420 e. The molecule has 0 bridgehead atoms. The maximum absolute atomic E-state index is 5.84. The molecule has 2 aromatic rings. The fraction of sp³-hybridized carbons (Fsp3) is 0.400. The maximum Gasteiger partial charge on any atom is 0.253 e. The van der Waals surface area contributed by atoms with Crippen molar-refractivity contribution in [2.45, 2.75) is 23.9 Å². The Hall–Kier alpha value is -1.63. The van der Waals surface area contributed by atoms with Crippen LogP contribution in [0.2, 0.25) is 0 Å². The zero-order chi connectivity index (χ0) is 11.8. The van der Waals surface area contributed by atoms with Crippen LogP contribution < -0.4 is 5.73 Å². The highest BCUT2D eigenvalue weighted by Crippen LogP contribution is 2.40. The normalized spacial score (nSPS) is 15.1. The van der Waals surface area contributed by atoms with Crippen LogP contribution in [0.4, 0.5) is 5.82 Å². The topological polar surface area (TPSA) is 90.7 Å². The minimum Gasteiger partial charge on any atom is -0.420 e. The van der Waals surface area contributed by atoms with Gasteiger partial charge in [0.25, 0.3) is 5.89 Å². The molecule has 1 aliphatic carbocycles. The molecule has 7 heteroatoms. The zero-order valence-electron chi connectivity index (χ0n) is 9.25. The summed E-state index contributed by atoms with van der Waals surface area (Å²) in [5, 5.41) is 8.62. The zero-order valence-corrected chi connectivity index (χ0v) is 10.1. The van der Waals surface area contributed by atoms with E-state index >= 15 is 0 Å². The maximum atomic E-state index is 5.84. The van der Waals surface area contributed by atoms with Crippen LogP contribution in [0.5, 0.6) is 0 Å². The molecule has 6 nitrogen and oxygen atoms in total.